The SMILES string of the molecule is COc1cnc(N2CC(CS(N)(=O)=O)CC2=O)cn1. The number of nitrogens with zero attached hydrogens (tertiary/aromatic N) is 3. The molecule has 2 heterocycles. The summed E-state index contributed by atoms with van der Waals surface area (Å²) >= 11 is 0. The van der Waals surface area contributed by atoms with Gasteiger partial charge in [-0.25, -0.2) is 23.5 Å². The van der Waals surface area contributed by atoms with Crippen LogP contribution in [0.15, 0.2) is 12.4 Å². The molecular formula is C10H14N4O4S. The minimum Gasteiger partial charge on any atom is -0.480 e. The fourth-order valence-electron chi connectivity index (χ4n) is 2.00. The molecule has 0 spiro atoms. The van der Waals surface area contributed by atoms with Gasteiger partial charge in [-0.15, -0.1) is 0 Å². The van der Waals surface area contributed by atoms with Crippen LogP contribution in [0.3, 0.4) is 0 Å². The van der Waals surface area contributed by atoms with Crippen LogP contribution < -0.4 is 14.8 Å². The fourth-order valence-corrected chi connectivity index (χ4v) is 2.88. The second-order valence-electron chi connectivity index (χ2n) is 4.32. The highest BCUT2D eigenvalue weighted by Crippen LogP contribution is 2.24. The highest BCUT2D eigenvalue weighted by Gasteiger charge is 2.33. The summed E-state index contributed by atoms with van der Waals surface area (Å²) < 4.78 is 26.9. The van der Waals surface area contributed by atoms with Crippen LogP contribution in [-0.4, -0.2) is 43.7 Å². The van der Waals surface area contributed by atoms with Gasteiger partial charge in [0.1, 0.15) is 0 Å². The largest absolute Gasteiger partial charge is 0.480 e. The van der Waals surface area contributed by atoms with Gasteiger partial charge in [-0.2, -0.15) is 0 Å². The number of carbonyl (C=O) groups is 1. The minimum atomic E-state index is -3.58. The van der Waals surface area contributed by atoms with Crippen LogP contribution in [0.1, 0.15) is 6.42 Å². The summed E-state index contributed by atoms with van der Waals surface area (Å²) in [5.41, 5.74) is 0. The molecule has 9 heteroatoms. The maximum atomic E-state index is 11.8. The van der Waals surface area contributed by atoms with E-state index in [2.05, 4.69) is 9.97 Å². The topological polar surface area (TPSA) is 115 Å². The average Bonchev–Trinajstić information content (AvgIpc) is 2.68. The Hall–Kier alpha value is -1.74. The van der Waals surface area contributed by atoms with Crippen LogP contribution in [0.2, 0.25) is 0 Å². The second kappa shape index (κ2) is 5.10. The molecule has 19 heavy (non-hydrogen) atoms. The first kappa shape index (κ1) is 13.7. The van der Waals surface area contributed by atoms with E-state index in [4.69, 9.17) is 9.88 Å². The molecule has 1 amide bonds. The van der Waals surface area contributed by atoms with Crippen LogP contribution in [0.4, 0.5) is 5.82 Å². The summed E-state index contributed by atoms with van der Waals surface area (Å²) in [6.45, 7) is 0.274. The van der Waals surface area contributed by atoms with Crippen molar-refractivity contribution < 1.29 is 17.9 Å². The smallest absolute Gasteiger partial charge is 0.232 e. The number of carbonyl (C=O) groups excluding carboxylic acids is 1. The third kappa shape index (κ3) is 3.38. The van der Waals surface area contributed by atoms with Crippen LogP contribution in [0.25, 0.3) is 0 Å². The van der Waals surface area contributed by atoms with Crippen LogP contribution in [0, 0.1) is 5.92 Å². The Morgan fingerprint density at radius 2 is 2.21 bits per heavy atom. The van der Waals surface area contributed by atoms with E-state index in [9.17, 15) is 13.2 Å². The Morgan fingerprint density at radius 3 is 2.74 bits per heavy atom. The zero-order valence-corrected chi connectivity index (χ0v) is 11.1. The van der Waals surface area contributed by atoms with E-state index in [1.165, 1.54) is 24.4 Å². The molecule has 0 aliphatic carbocycles. The van der Waals surface area contributed by atoms with E-state index in [1.807, 2.05) is 0 Å². The normalized spacial score (nSPS) is 19.8. The van der Waals surface area contributed by atoms with Gasteiger partial charge in [0.05, 0.1) is 25.3 Å². The van der Waals surface area contributed by atoms with Gasteiger partial charge in [-0.1, -0.05) is 0 Å². The van der Waals surface area contributed by atoms with E-state index in [-0.39, 0.29) is 30.5 Å². The molecule has 104 valence electrons. The molecule has 0 saturated carbocycles. The molecule has 1 atom stereocenters. The Labute approximate surface area is 110 Å². The van der Waals surface area contributed by atoms with Gasteiger partial charge in [-0.05, 0) is 0 Å². The van der Waals surface area contributed by atoms with Crippen LogP contribution in [-0.2, 0) is 14.8 Å². The van der Waals surface area contributed by atoms with Crippen molar-refractivity contribution in [2.75, 3.05) is 24.3 Å². The van der Waals surface area contributed by atoms with Crippen molar-refractivity contribution in [2.24, 2.45) is 11.1 Å². The summed E-state index contributed by atoms with van der Waals surface area (Å²) in [6.07, 6.45) is 2.95. The predicted octanol–water partition coefficient (Wildman–Crippen LogP) is -0.873. The van der Waals surface area contributed by atoms with Crippen molar-refractivity contribution in [3.63, 3.8) is 0 Å². The summed E-state index contributed by atoms with van der Waals surface area (Å²) in [7, 11) is -2.12. The molecule has 0 radical (unpaired) electrons. The van der Waals surface area contributed by atoms with E-state index >= 15 is 0 Å². The number of ether oxygens (including phenoxy) is 1. The van der Waals surface area contributed by atoms with Crippen LogP contribution >= 0.6 is 0 Å². The van der Waals surface area contributed by atoms with Crippen molar-refractivity contribution in [3.8, 4) is 5.88 Å². The number of amides is 1. The summed E-state index contributed by atoms with van der Waals surface area (Å²) in [5.74, 6) is 0.0115. The van der Waals surface area contributed by atoms with Crippen molar-refractivity contribution in [1.29, 1.82) is 0 Å². The van der Waals surface area contributed by atoms with E-state index in [0.717, 1.165) is 0 Å². The molecule has 1 aromatic rings. The lowest BCUT2D eigenvalue weighted by Gasteiger charge is -2.14. The van der Waals surface area contributed by atoms with Gasteiger partial charge >= 0.3 is 0 Å². The average molecular weight is 286 g/mol. The van der Waals surface area contributed by atoms with E-state index in [1.54, 1.807) is 0 Å². The van der Waals surface area contributed by atoms with Crippen molar-refractivity contribution >= 4 is 21.7 Å². The van der Waals surface area contributed by atoms with Gasteiger partial charge < -0.3 is 4.74 Å². The molecule has 1 aliphatic heterocycles. The monoisotopic (exact) mass is 286 g/mol. The number of primary sulfonamides is 1. The molecule has 0 aromatic carbocycles. The predicted molar refractivity (Wildman–Crippen MR) is 67.0 cm³/mol. The first-order chi connectivity index (χ1) is 8.89. The van der Waals surface area contributed by atoms with Crippen molar-refractivity contribution in [3.05, 3.63) is 12.4 Å². The molecule has 1 aromatic heterocycles. The molecule has 2 N–H and O–H groups in total. The number of nitrogens with two attached hydrogens (primary N) is 1. The van der Waals surface area contributed by atoms with Gasteiger partial charge in [0.2, 0.25) is 21.8 Å². The first-order valence-electron chi connectivity index (χ1n) is 5.56. The molecule has 1 saturated heterocycles. The quantitative estimate of drug-likeness (QED) is 0.769. The zero-order chi connectivity index (χ0) is 14.0. The zero-order valence-electron chi connectivity index (χ0n) is 10.3. The standard InChI is InChI=1S/C10H14N4O4S/c1-18-9-4-12-8(3-13-9)14-5-7(2-10(14)15)6-19(11,16)17/h3-4,7H,2,5-6H2,1H3,(H2,11,16,17). The third-order valence-electron chi connectivity index (χ3n) is 2.77. The summed E-state index contributed by atoms with van der Waals surface area (Å²) in [4.78, 5) is 21.2. The lowest BCUT2D eigenvalue weighted by molar-refractivity contribution is -0.117. The minimum absolute atomic E-state index is 0.143. The second-order valence-corrected chi connectivity index (χ2v) is 5.98. The Bertz CT molecular complexity index is 572. The molecule has 1 aliphatic rings. The van der Waals surface area contributed by atoms with Crippen molar-refractivity contribution in [2.45, 2.75) is 6.42 Å². The Kier molecular flexibility index (Phi) is 3.67. The van der Waals surface area contributed by atoms with Gasteiger partial charge in [0.15, 0.2) is 5.82 Å². The molecule has 2 rings (SSSR count). The van der Waals surface area contributed by atoms with Gasteiger partial charge in [0, 0.05) is 18.9 Å². The highest BCUT2D eigenvalue weighted by atomic mass is 32.2. The first-order valence-corrected chi connectivity index (χ1v) is 7.27. The third-order valence-corrected chi connectivity index (χ3v) is 3.71. The molecule has 8 nitrogen and oxygen atoms in total. The molecule has 1 unspecified atom stereocenters. The molecular weight excluding hydrogens is 272 g/mol. The van der Waals surface area contributed by atoms with Crippen LogP contribution in [0.5, 0.6) is 5.88 Å². The number of hydrogen-bond donors (Lipinski definition) is 1. The molecule has 1 fully saturated rings. The highest BCUT2D eigenvalue weighted by molar-refractivity contribution is 7.89. The van der Waals surface area contributed by atoms with Gasteiger partial charge in [0.25, 0.3) is 0 Å². The number of aromatic nitrogens is 2. The van der Waals surface area contributed by atoms with Gasteiger partial charge in [-0.3, -0.25) is 9.69 Å². The number of rotatable bonds is 4. The maximum absolute atomic E-state index is 11.8. The Morgan fingerprint density at radius 1 is 1.47 bits per heavy atom. The molecule has 0 bridgehead atoms. The fraction of sp³-hybridized carbons (Fsp3) is 0.500. The summed E-state index contributed by atoms with van der Waals surface area (Å²) in [5, 5.41) is 4.98. The Balaban J connectivity index is 2.11. The number of methoxy groups -OCH3 is 1. The summed E-state index contributed by atoms with van der Waals surface area (Å²) in [6, 6.07) is 0. The number of sulfonamides is 1. The maximum Gasteiger partial charge on any atom is 0.232 e. The number of hydrogen-bond acceptors (Lipinski definition) is 6. The number of anilines is 1. The van der Waals surface area contributed by atoms with Crippen molar-refractivity contribution in [1.82, 2.24) is 9.97 Å². The van der Waals surface area contributed by atoms with E-state index < -0.39 is 10.0 Å². The van der Waals surface area contributed by atoms with E-state index in [0.29, 0.717) is 11.7 Å². The lowest BCUT2D eigenvalue weighted by Crippen LogP contribution is -2.28. The lowest BCUT2D eigenvalue weighted by atomic mass is 10.1.